The van der Waals surface area contributed by atoms with E-state index in [0.717, 1.165) is 17.7 Å². The summed E-state index contributed by atoms with van der Waals surface area (Å²) in [5, 5.41) is 0.600. The fourth-order valence-electron chi connectivity index (χ4n) is 1.64. The maximum Gasteiger partial charge on any atom is 0.223 e. The average Bonchev–Trinajstić information content (AvgIpc) is 2.28. The lowest BCUT2D eigenvalue weighted by atomic mass is 10.2. The van der Waals surface area contributed by atoms with E-state index in [9.17, 15) is 4.79 Å². The van der Waals surface area contributed by atoms with Crippen LogP contribution in [-0.2, 0) is 9.53 Å². The number of nitrogens with zero attached hydrogens (tertiary/aromatic N) is 1. The Balaban J connectivity index is 2.89. The monoisotopic (exact) mass is 255 g/mol. The normalized spacial score (nSPS) is 10.4. The summed E-state index contributed by atoms with van der Waals surface area (Å²) in [7, 11) is 1.65. The van der Waals surface area contributed by atoms with Crippen LogP contribution >= 0.6 is 11.6 Å². The minimum atomic E-state index is -0.00592. The first kappa shape index (κ1) is 14.0. The lowest BCUT2D eigenvalue weighted by molar-refractivity contribution is -0.116. The molecule has 0 aliphatic carbocycles. The van der Waals surface area contributed by atoms with Crippen molar-refractivity contribution in [2.75, 3.05) is 25.2 Å². The van der Waals surface area contributed by atoms with Gasteiger partial charge in [0.25, 0.3) is 0 Å². The Bertz CT molecular complexity index is 393. The van der Waals surface area contributed by atoms with E-state index >= 15 is 0 Å². The quantitative estimate of drug-likeness (QED) is 0.757. The van der Waals surface area contributed by atoms with Gasteiger partial charge < -0.3 is 9.64 Å². The summed E-state index contributed by atoms with van der Waals surface area (Å²) in [6, 6.07) is 5.67. The van der Waals surface area contributed by atoms with E-state index in [0.29, 0.717) is 18.2 Å². The molecule has 0 atom stereocenters. The molecule has 3 nitrogen and oxygen atoms in total. The number of amides is 1. The van der Waals surface area contributed by atoms with E-state index in [1.807, 2.05) is 25.1 Å². The Labute approximate surface area is 107 Å². The van der Waals surface area contributed by atoms with Crippen molar-refractivity contribution < 1.29 is 9.53 Å². The number of ether oxygens (including phenoxy) is 1. The van der Waals surface area contributed by atoms with E-state index in [1.165, 1.54) is 0 Å². The molecule has 0 aliphatic rings. The number of anilines is 1. The van der Waals surface area contributed by atoms with Gasteiger partial charge in [-0.15, -0.1) is 0 Å². The molecule has 1 amide bonds. The Morgan fingerprint density at radius 1 is 1.47 bits per heavy atom. The minimum Gasteiger partial charge on any atom is -0.385 e. The molecular weight excluding hydrogens is 238 g/mol. The van der Waals surface area contributed by atoms with Crippen molar-refractivity contribution in [3.63, 3.8) is 0 Å². The van der Waals surface area contributed by atoms with Crippen LogP contribution in [0.4, 0.5) is 5.69 Å². The number of hydrogen-bond acceptors (Lipinski definition) is 2. The number of hydrogen-bond donors (Lipinski definition) is 0. The highest BCUT2D eigenvalue weighted by atomic mass is 35.5. The molecule has 0 saturated carbocycles. The molecule has 0 saturated heterocycles. The molecule has 1 rings (SSSR count). The highest BCUT2D eigenvalue weighted by Gasteiger charge is 2.14. The molecule has 1 aromatic carbocycles. The third kappa shape index (κ3) is 4.02. The van der Waals surface area contributed by atoms with Crippen LogP contribution in [0.5, 0.6) is 0 Å². The molecule has 0 fully saturated rings. The summed E-state index contributed by atoms with van der Waals surface area (Å²) < 4.78 is 4.99. The van der Waals surface area contributed by atoms with Gasteiger partial charge >= 0.3 is 0 Å². The van der Waals surface area contributed by atoms with E-state index in [2.05, 4.69) is 0 Å². The summed E-state index contributed by atoms with van der Waals surface area (Å²) in [5.41, 5.74) is 1.86. The number of aryl methyl sites for hydroxylation is 1. The zero-order valence-electron chi connectivity index (χ0n) is 10.5. The second-order valence-corrected chi connectivity index (χ2v) is 4.38. The molecule has 0 heterocycles. The summed E-state index contributed by atoms with van der Waals surface area (Å²) in [5.74, 6) is -0.00592. The minimum absolute atomic E-state index is 0.00592. The second-order valence-electron chi connectivity index (χ2n) is 3.97. The highest BCUT2D eigenvalue weighted by Crippen LogP contribution is 2.27. The predicted octanol–water partition coefficient (Wildman–Crippen LogP) is 3.04. The molecule has 1 aromatic rings. The Kier molecular flexibility index (Phi) is 5.45. The average molecular weight is 256 g/mol. The van der Waals surface area contributed by atoms with Crippen molar-refractivity contribution in [2.45, 2.75) is 20.3 Å². The van der Waals surface area contributed by atoms with Crippen LogP contribution in [0.3, 0.4) is 0 Å². The highest BCUT2D eigenvalue weighted by molar-refractivity contribution is 6.33. The van der Waals surface area contributed by atoms with Crippen LogP contribution in [0.25, 0.3) is 0 Å². The van der Waals surface area contributed by atoms with Crippen molar-refractivity contribution in [1.82, 2.24) is 0 Å². The third-order valence-corrected chi connectivity index (χ3v) is 2.82. The molecular formula is C13H18ClNO2. The predicted molar refractivity (Wildman–Crippen MR) is 70.7 cm³/mol. The topological polar surface area (TPSA) is 29.5 Å². The van der Waals surface area contributed by atoms with Crippen molar-refractivity contribution in [1.29, 1.82) is 0 Å². The van der Waals surface area contributed by atoms with E-state index in [4.69, 9.17) is 16.3 Å². The fourth-order valence-corrected chi connectivity index (χ4v) is 1.86. The van der Waals surface area contributed by atoms with Gasteiger partial charge in [-0.25, -0.2) is 0 Å². The van der Waals surface area contributed by atoms with Gasteiger partial charge in [0.15, 0.2) is 0 Å². The molecule has 0 N–H and O–H groups in total. The van der Waals surface area contributed by atoms with E-state index in [1.54, 1.807) is 18.9 Å². The van der Waals surface area contributed by atoms with Crippen LogP contribution in [0, 0.1) is 6.92 Å². The van der Waals surface area contributed by atoms with Gasteiger partial charge in [0, 0.05) is 27.2 Å². The van der Waals surface area contributed by atoms with E-state index in [-0.39, 0.29) is 5.91 Å². The zero-order valence-corrected chi connectivity index (χ0v) is 11.3. The van der Waals surface area contributed by atoms with Crippen LogP contribution in [0.1, 0.15) is 18.9 Å². The molecule has 94 valence electrons. The van der Waals surface area contributed by atoms with Crippen molar-refractivity contribution in [3.05, 3.63) is 28.8 Å². The summed E-state index contributed by atoms with van der Waals surface area (Å²) in [6.07, 6.45) is 0.792. The smallest absolute Gasteiger partial charge is 0.223 e. The third-order valence-electron chi connectivity index (χ3n) is 2.50. The second kappa shape index (κ2) is 6.62. The fraction of sp³-hybridized carbons (Fsp3) is 0.462. The van der Waals surface area contributed by atoms with Gasteiger partial charge in [-0.05, 0) is 31.0 Å². The van der Waals surface area contributed by atoms with E-state index < -0.39 is 0 Å². The maximum absolute atomic E-state index is 11.6. The molecule has 0 spiro atoms. The lowest BCUT2D eigenvalue weighted by Gasteiger charge is -2.22. The maximum atomic E-state index is 11.6. The number of rotatable bonds is 5. The SMILES string of the molecule is COCCCN(C(C)=O)c1cc(C)ccc1Cl. The zero-order chi connectivity index (χ0) is 12.8. The van der Waals surface area contributed by atoms with Gasteiger partial charge in [-0.2, -0.15) is 0 Å². The van der Waals surface area contributed by atoms with Gasteiger partial charge in [0.1, 0.15) is 0 Å². The van der Waals surface area contributed by atoms with Gasteiger partial charge in [-0.3, -0.25) is 4.79 Å². The van der Waals surface area contributed by atoms with Gasteiger partial charge in [0.05, 0.1) is 10.7 Å². The van der Waals surface area contributed by atoms with Crippen molar-refractivity contribution in [2.24, 2.45) is 0 Å². The lowest BCUT2D eigenvalue weighted by Crippen LogP contribution is -2.30. The van der Waals surface area contributed by atoms with Crippen LogP contribution < -0.4 is 4.90 Å². The number of carbonyl (C=O) groups excluding carboxylic acids is 1. The molecule has 0 unspecified atom stereocenters. The first-order chi connectivity index (χ1) is 8.06. The van der Waals surface area contributed by atoms with Crippen LogP contribution in [0.2, 0.25) is 5.02 Å². The standard InChI is InChI=1S/C13H18ClNO2/c1-10-5-6-12(14)13(9-10)15(11(2)16)7-4-8-17-3/h5-6,9H,4,7-8H2,1-3H3. The first-order valence-electron chi connectivity index (χ1n) is 5.59. The summed E-state index contributed by atoms with van der Waals surface area (Å²) in [6.45, 7) is 4.78. The summed E-state index contributed by atoms with van der Waals surface area (Å²) >= 11 is 6.12. The largest absolute Gasteiger partial charge is 0.385 e. The number of benzene rings is 1. The van der Waals surface area contributed by atoms with Crippen molar-refractivity contribution >= 4 is 23.2 Å². The number of methoxy groups -OCH3 is 1. The molecule has 0 bridgehead atoms. The van der Waals surface area contributed by atoms with Crippen LogP contribution in [0.15, 0.2) is 18.2 Å². The first-order valence-corrected chi connectivity index (χ1v) is 5.97. The molecule has 0 aromatic heterocycles. The molecule has 0 aliphatic heterocycles. The van der Waals surface area contributed by atoms with Crippen molar-refractivity contribution in [3.8, 4) is 0 Å². The molecule has 4 heteroatoms. The van der Waals surface area contributed by atoms with Gasteiger partial charge in [-0.1, -0.05) is 17.7 Å². The number of carbonyl (C=O) groups is 1. The summed E-state index contributed by atoms with van der Waals surface area (Å²) in [4.78, 5) is 13.3. The molecule has 17 heavy (non-hydrogen) atoms. The Morgan fingerprint density at radius 2 is 2.18 bits per heavy atom. The molecule has 0 radical (unpaired) electrons. The Morgan fingerprint density at radius 3 is 2.76 bits per heavy atom. The Hall–Kier alpha value is -1.06. The number of halogens is 1. The van der Waals surface area contributed by atoms with Gasteiger partial charge in [0.2, 0.25) is 5.91 Å². The van der Waals surface area contributed by atoms with Crippen LogP contribution in [-0.4, -0.2) is 26.2 Å².